The molecule has 3 amide bonds. The van der Waals surface area contributed by atoms with Crippen molar-refractivity contribution >= 4 is 56.8 Å². The van der Waals surface area contributed by atoms with Crippen molar-refractivity contribution in [1.29, 1.82) is 0 Å². The van der Waals surface area contributed by atoms with Gasteiger partial charge >= 0.3 is 6.03 Å². The van der Waals surface area contributed by atoms with Crippen LogP contribution in [0.25, 0.3) is 5.70 Å². The maximum Gasteiger partial charge on any atom is 0.332 e. The average molecular weight is 482 g/mol. The van der Waals surface area contributed by atoms with E-state index in [2.05, 4.69) is 43.1 Å². The molecule has 0 saturated carbocycles. The van der Waals surface area contributed by atoms with Gasteiger partial charge < -0.3 is 15.7 Å². The Balaban J connectivity index is 1.89. The number of rotatable bonds is 7. The molecule has 0 saturated heterocycles. The summed E-state index contributed by atoms with van der Waals surface area (Å²) in [5.41, 5.74) is 1.20. The van der Waals surface area contributed by atoms with Crippen LogP contribution in [0.2, 0.25) is 0 Å². The van der Waals surface area contributed by atoms with Gasteiger partial charge in [-0.05, 0) is 40.5 Å². The summed E-state index contributed by atoms with van der Waals surface area (Å²) in [6.45, 7) is 4.25. The van der Waals surface area contributed by atoms with Gasteiger partial charge in [-0.3, -0.25) is 4.79 Å². The molecular weight excluding hydrogens is 465 g/mol. The van der Waals surface area contributed by atoms with Gasteiger partial charge in [0, 0.05) is 18.8 Å². The van der Waals surface area contributed by atoms with Gasteiger partial charge in [-0.25, -0.2) is 24.1 Å². The highest BCUT2D eigenvalue weighted by Gasteiger charge is 2.32. The van der Waals surface area contributed by atoms with Crippen LogP contribution in [0.15, 0.2) is 40.6 Å². The number of amides is 3. The number of halogens is 2. The zero-order valence-corrected chi connectivity index (χ0v) is 17.5. The van der Waals surface area contributed by atoms with Crippen molar-refractivity contribution in [2.24, 2.45) is 0 Å². The van der Waals surface area contributed by atoms with Crippen molar-refractivity contribution in [1.82, 2.24) is 20.6 Å². The molecule has 0 fully saturated rings. The Morgan fingerprint density at radius 3 is 2.93 bits per heavy atom. The van der Waals surface area contributed by atoms with Crippen molar-refractivity contribution < 1.29 is 19.1 Å². The molecule has 1 aliphatic rings. The third kappa shape index (κ3) is 4.74. The summed E-state index contributed by atoms with van der Waals surface area (Å²) in [6, 6.07) is 3.68. The largest absolute Gasteiger partial charge is 0.396 e. The first-order valence-corrected chi connectivity index (χ1v) is 10.3. The standard InChI is InChI=1S/C18H17BrFN5O3S/c1-10-15-16(22-9-23-17(15)29-8-14(27)21-5-2-6-26)25(18(28)24-10)11-3-4-13(20)12(19)7-11/h3-4,7,9,26H,1-2,5-6,8H2,(H,21,27)(H,24,28). The third-order valence-electron chi connectivity index (χ3n) is 3.93. The molecule has 152 valence electrons. The number of aliphatic hydroxyl groups excluding tert-OH is 1. The number of hydrogen-bond acceptors (Lipinski definition) is 6. The molecule has 3 N–H and O–H groups in total. The van der Waals surface area contributed by atoms with E-state index >= 15 is 0 Å². The molecule has 0 radical (unpaired) electrons. The average Bonchev–Trinajstić information content (AvgIpc) is 2.69. The molecule has 11 heteroatoms. The minimum Gasteiger partial charge on any atom is -0.396 e. The van der Waals surface area contributed by atoms with E-state index in [-0.39, 0.29) is 28.6 Å². The molecular formula is C18H17BrFN5O3S. The van der Waals surface area contributed by atoms with Crippen LogP contribution >= 0.6 is 27.7 Å². The molecule has 1 aromatic heterocycles. The van der Waals surface area contributed by atoms with Crippen LogP contribution in [0.1, 0.15) is 12.0 Å². The molecule has 0 bridgehead atoms. The molecule has 2 heterocycles. The number of anilines is 2. The van der Waals surface area contributed by atoms with Gasteiger partial charge in [0.05, 0.1) is 21.5 Å². The fourth-order valence-electron chi connectivity index (χ4n) is 2.60. The fraction of sp³-hybridized carbons (Fsp3) is 0.222. The molecule has 29 heavy (non-hydrogen) atoms. The molecule has 0 atom stereocenters. The highest BCUT2D eigenvalue weighted by atomic mass is 79.9. The van der Waals surface area contributed by atoms with Crippen molar-refractivity contribution in [3.8, 4) is 0 Å². The second-order valence-corrected chi connectivity index (χ2v) is 7.75. The number of hydrogen-bond donors (Lipinski definition) is 3. The molecule has 2 aromatic rings. The number of aliphatic hydroxyl groups is 1. The number of carbonyl (C=O) groups is 2. The number of urea groups is 1. The topological polar surface area (TPSA) is 107 Å². The first-order valence-electron chi connectivity index (χ1n) is 8.53. The van der Waals surface area contributed by atoms with Gasteiger partial charge in [0.15, 0.2) is 5.82 Å². The van der Waals surface area contributed by atoms with Crippen LogP contribution < -0.4 is 15.5 Å². The van der Waals surface area contributed by atoms with Crippen LogP contribution in [0.5, 0.6) is 0 Å². The number of fused-ring (bicyclic) bond motifs is 1. The molecule has 1 aliphatic heterocycles. The Hall–Kier alpha value is -2.50. The second kappa shape index (κ2) is 9.33. The molecule has 8 nitrogen and oxygen atoms in total. The van der Waals surface area contributed by atoms with Gasteiger partial charge in [-0.2, -0.15) is 0 Å². The molecule has 0 spiro atoms. The van der Waals surface area contributed by atoms with Gasteiger partial charge in [0.2, 0.25) is 5.91 Å². The quantitative estimate of drug-likeness (QED) is 0.318. The summed E-state index contributed by atoms with van der Waals surface area (Å²) in [7, 11) is 0. The van der Waals surface area contributed by atoms with Crippen LogP contribution in [-0.4, -0.2) is 45.9 Å². The number of carbonyl (C=O) groups excluding carboxylic acids is 2. The minimum atomic E-state index is -0.489. The van der Waals surface area contributed by atoms with Crippen LogP contribution in [-0.2, 0) is 4.79 Å². The maximum atomic E-state index is 13.6. The smallest absolute Gasteiger partial charge is 0.332 e. The van der Waals surface area contributed by atoms with Crippen LogP contribution in [0.4, 0.5) is 20.7 Å². The van der Waals surface area contributed by atoms with E-state index in [1.54, 1.807) is 0 Å². The first-order chi connectivity index (χ1) is 13.9. The lowest BCUT2D eigenvalue weighted by Gasteiger charge is -2.30. The normalized spacial score (nSPS) is 13.1. The van der Waals surface area contributed by atoms with E-state index in [1.165, 1.54) is 41.2 Å². The molecule has 0 aliphatic carbocycles. The zero-order valence-electron chi connectivity index (χ0n) is 15.1. The van der Waals surface area contributed by atoms with Gasteiger partial charge in [-0.1, -0.05) is 18.3 Å². The highest BCUT2D eigenvalue weighted by molar-refractivity contribution is 9.10. The Kier molecular flexibility index (Phi) is 6.83. The molecule has 3 rings (SSSR count). The van der Waals surface area contributed by atoms with Crippen LogP contribution in [0, 0.1) is 5.82 Å². The zero-order chi connectivity index (χ0) is 21.0. The summed E-state index contributed by atoms with van der Waals surface area (Å²) >= 11 is 4.29. The van der Waals surface area contributed by atoms with Gasteiger partial charge in [0.25, 0.3) is 0 Å². The molecule has 0 unspecified atom stereocenters. The van der Waals surface area contributed by atoms with E-state index in [0.717, 1.165) is 0 Å². The second-order valence-electron chi connectivity index (χ2n) is 5.94. The van der Waals surface area contributed by atoms with E-state index < -0.39 is 11.8 Å². The van der Waals surface area contributed by atoms with Crippen molar-refractivity contribution in [2.45, 2.75) is 11.4 Å². The van der Waals surface area contributed by atoms with Crippen LogP contribution in [0.3, 0.4) is 0 Å². The Labute approximate surface area is 178 Å². The SMILES string of the molecule is C=C1NC(=O)N(c2ccc(F)c(Br)c2)c2ncnc(SCC(=O)NCCCO)c21. The van der Waals surface area contributed by atoms with E-state index in [0.29, 0.717) is 34.9 Å². The summed E-state index contributed by atoms with van der Waals surface area (Å²) in [5.74, 6) is -0.281. The number of benzene rings is 1. The van der Waals surface area contributed by atoms with Crippen molar-refractivity contribution in [3.05, 3.63) is 47.0 Å². The van der Waals surface area contributed by atoms with E-state index in [1.807, 2.05) is 0 Å². The lowest BCUT2D eigenvalue weighted by Crippen LogP contribution is -2.41. The summed E-state index contributed by atoms with van der Waals surface area (Å²) in [4.78, 5) is 34.3. The van der Waals surface area contributed by atoms with Crippen molar-refractivity contribution in [2.75, 3.05) is 23.8 Å². The number of thioether (sulfide) groups is 1. The summed E-state index contributed by atoms with van der Waals surface area (Å²) in [6.07, 6.45) is 1.77. The Bertz CT molecular complexity index is 975. The van der Waals surface area contributed by atoms with Gasteiger partial charge in [0.1, 0.15) is 17.2 Å². The lowest BCUT2D eigenvalue weighted by atomic mass is 10.1. The third-order valence-corrected chi connectivity index (χ3v) is 5.52. The lowest BCUT2D eigenvalue weighted by molar-refractivity contribution is -0.118. The van der Waals surface area contributed by atoms with Crippen molar-refractivity contribution in [3.63, 3.8) is 0 Å². The summed E-state index contributed by atoms with van der Waals surface area (Å²) < 4.78 is 13.8. The summed E-state index contributed by atoms with van der Waals surface area (Å²) in [5, 5.41) is 14.6. The fourth-order valence-corrected chi connectivity index (χ4v) is 3.82. The number of nitrogens with one attached hydrogen (secondary N) is 2. The van der Waals surface area contributed by atoms with Gasteiger partial charge in [-0.15, -0.1) is 0 Å². The first kappa shape index (κ1) is 21.2. The predicted molar refractivity (Wildman–Crippen MR) is 111 cm³/mol. The molecule has 1 aromatic carbocycles. The monoisotopic (exact) mass is 481 g/mol. The highest BCUT2D eigenvalue weighted by Crippen LogP contribution is 2.38. The Morgan fingerprint density at radius 1 is 1.41 bits per heavy atom. The number of aromatic nitrogens is 2. The maximum absolute atomic E-state index is 13.6. The minimum absolute atomic E-state index is 0.00168. The van der Waals surface area contributed by atoms with E-state index in [4.69, 9.17) is 5.11 Å². The number of nitrogens with zero attached hydrogens (tertiary/aromatic N) is 3. The van der Waals surface area contributed by atoms with E-state index in [9.17, 15) is 14.0 Å². The predicted octanol–water partition coefficient (Wildman–Crippen LogP) is 2.80. The Morgan fingerprint density at radius 2 is 2.21 bits per heavy atom.